The number of rotatable bonds is 10. The summed E-state index contributed by atoms with van der Waals surface area (Å²) in [6.07, 6.45) is 3.12. The second-order valence-electron chi connectivity index (χ2n) is 6.50. The molecule has 2 rings (SSSR count). The Bertz CT molecular complexity index is 773. The summed E-state index contributed by atoms with van der Waals surface area (Å²) < 4.78 is 23.8. The lowest BCUT2D eigenvalue weighted by molar-refractivity contribution is -0.119. The fraction of sp³-hybridized carbons (Fsp3) is 0.381. The molecule has 1 unspecified atom stereocenters. The summed E-state index contributed by atoms with van der Waals surface area (Å²) in [6.45, 7) is 1.80. The van der Waals surface area contributed by atoms with Crippen LogP contribution in [0.1, 0.15) is 43.4 Å². The molecule has 1 atom stereocenters. The van der Waals surface area contributed by atoms with Gasteiger partial charge in [0, 0.05) is 0 Å². The number of nitrogens with one attached hydrogen (secondary N) is 1. The van der Waals surface area contributed by atoms with Gasteiger partial charge in [0.15, 0.2) is 9.84 Å². The average molecular weight is 374 g/mol. The minimum atomic E-state index is -3.33. The quantitative estimate of drug-likeness (QED) is 0.691. The number of carbonyl (C=O) groups excluding carboxylic acids is 1. The van der Waals surface area contributed by atoms with Crippen LogP contribution >= 0.6 is 0 Å². The van der Waals surface area contributed by atoms with E-state index in [0.29, 0.717) is 6.42 Å². The van der Waals surface area contributed by atoms with E-state index in [1.807, 2.05) is 48.5 Å². The highest BCUT2D eigenvalue weighted by Crippen LogP contribution is 2.20. The molecule has 0 heterocycles. The van der Waals surface area contributed by atoms with Crippen molar-refractivity contribution in [2.75, 3.05) is 11.5 Å². The number of amides is 1. The molecule has 1 amide bonds. The van der Waals surface area contributed by atoms with Crippen molar-refractivity contribution < 1.29 is 13.2 Å². The minimum absolute atomic E-state index is 0.0461. The van der Waals surface area contributed by atoms with Gasteiger partial charge in [-0.2, -0.15) is 0 Å². The van der Waals surface area contributed by atoms with Gasteiger partial charge in [0.2, 0.25) is 5.91 Å². The van der Waals surface area contributed by atoms with Crippen molar-refractivity contribution in [3.8, 4) is 0 Å². The average Bonchev–Trinajstić information content (AvgIpc) is 2.62. The van der Waals surface area contributed by atoms with Crippen LogP contribution in [0.15, 0.2) is 60.7 Å². The lowest BCUT2D eigenvalue weighted by Crippen LogP contribution is -2.34. The fourth-order valence-electron chi connectivity index (χ4n) is 2.98. The van der Waals surface area contributed by atoms with E-state index in [-0.39, 0.29) is 11.8 Å². The van der Waals surface area contributed by atoms with Gasteiger partial charge in [0.1, 0.15) is 5.75 Å². The molecule has 2 aromatic carbocycles. The van der Waals surface area contributed by atoms with Crippen LogP contribution in [0.5, 0.6) is 0 Å². The number of benzene rings is 2. The first kappa shape index (κ1) is 20.2. The lowest BCUT2D eigenvalue weighted by Gasteiger charge is -2.19. The number of hydrogen-bond acceptors (Lipinski definition) is 3. The normalized spacial score (nSPS) is 12.5. The Balaban J connectivity index is 1.99. The molecular formula is C21H27NO3S. The molecular weight excluding hydrogens is 346 g/mol. The minimum Gasteiger partial charge on any atom is -0.348 e. The highest BCUT2D eigenvalue weighted by Gasteiger charge is 2.19. The molecule has 0 aliphatic carbocycles. The third kappa shape index (κ3) is 7.00. The zero-order valence-electron chi connectivity index (χ0n) is 15.2. The van der Waals surface area contributed by atoms with Gasteiger partial charge in [-0.25, -0.2) is 8.42 Å². The maximum absolute atomic E-state index is 12.3. The molecule has 5 heteroatoms. The molecule has 26 heavy (non-hydrogen) atoms. The van der Waals surface area contributed by atoms with Gasteiger partial charge in [-0.05, 0) is 36.8 Å². The first-order chi connectivity index (χ1) is 12.5. The molecule has 2 aromatic rings. The third-order valence-electron chi connectivity index (χ3n) is 4.20. The summed E-state index contributed by atoms with van der Waals surface area (Å²) in [7, 11) is -3.33. The first-order valence-electron chi connectivity index (χ1n) is 9.09. The number of aryl methyl sites for hydroxylation is 1. The van der Waals surface area contributed by atoms with E-state index < -0.39 is 21.5 Å². The molecule has 0 aliphatic heterocycles. The Labute approximate surface area is 156 Å². The summed E-state index contributed by atoms with van der Waals surface area (Å²) >= 11 is 0. The van der Waals surface area contributed by atoms with E-state index in [4.69, 9.17) is 0 Å². The molecule has 140 valence electrons. The van der Waals surface area contributed by atoms with Gasteiger partial charge >= 0.3 is 0 Å². The van der Waals surface area contributed by atoms with Crippen LogP contribution in [0, 0.1) is 0 Å². The van der Waals surface area contributed by atoms with E-state index in [0.717, 1.165) is 24.8 Å². The van der Waals surface area contributed by atoms with Crippen LogP contribution in [-0.2, 0) is 21.1 Å². The maximum atomic E-state index is 12.3. The van der Waals surface area contributed by atoms with Gasteiger partial charge in [-0.15, -0.1) is 0 Å². The van der Waals surface area contributed by atoms with Gasteiger partial charge in [-0.1, -0.05) is 67.6 Å². The van der Waals surface area contributed by atoms with E-state index in [2.05, 4.69) is 17.4 Å². The molecule has 1 N–H and O–H groups in total. The summed E-state index contributed by atoms with van der Waals surface area (Å²) in [5, 5.41) is 2.92. The largest absolute Gasteiger partial charge is 0.348 e. The summed E-state index contributed by atoms with van der Waals surface area (Å²) in [5.74, 6) is -0.820. The van der Waals surface area contributed by atoms with Gasteiger partial charge in [0.25, 0.3) is 0 Å². The van der Waals surface area contributed by atoms with Crippen LogP contribution in [0.2, 0.25) is 0 Å². The maximum Gasteiger partial charge on any atom is 0.235 e. The third-order valence-corrected chi connectivity index (χ3v) is 5.94. The SMILES string of the molecule is CCCS(=O)(=O)CC(=O)NC(CCCc1ccccc1)c1ccccc1. The predicted octanol–water partition coefficient (Wildman–Crippen LogP) is 3.69. The lowest BCUT2D eigenvalue weighted by atomic mass is 9.99. The molecule has 0 aliphatic rings. The molecule has 0 spiro atoms. The Hall–Kier alpha value is -2.14. The highest BCUT2D eigenvalue weighted by atomic mass is 32.2. The molecule has 4 nitrogen and oxygen atoms in total. The zero-order valence-corrected chi connectivity index (χ0v) is 16.0. The van der Waals surface area contributed by atoms with Gasteiger partial charge < -0.3 is 5.32 Å². The molecule has 0 fully saturated rings. The van der Waals surface area contributed by atoms with Crippen molar-refractivity contribution in [2.24, 2.45) is 0 Å². The van der Waals surface area contributed by atoms with Crippen molar-refractivity contribution in [3.63, 3.8) is 0 Å². The van der Waals surface area contributed by atoms with Crippen molar-refractivity contribution >= 4 is 15.7 Å². The van der Waals surface area contributed by atoms with E-state index in [9.17, 15) is 13.2 Å². The molecule has 0 aromatic heterocycles. The Kier molecular flexibility index (Phi) is 7.85. The predicted molar refractivity (Wildman–Crippen MR) is 106 cm³/mol. The van der Waals surface area contributed by atoms with Crippen LogP contribution in [0.25, 0.3) is 0 Å². The number of carbonyl (C=O) groups is 1. The van der Waals surface area contributed by atoms with Crippen LogP contribution < -0.4 is 5.32 Å². The first-order valence-corrected chi connectivity index (χ1v) is 10.9. The van der Waals surface area contributed by atoms with E-state index in [1.54, 1.807) is 6.92 Å². The van der Waals surface area contributed by atoms with Gasteiger partial charge in [-0.3, -0.25) is 4.79 Å². The summed E-state index contributed by atoms with van der Waals surface area (Å²) in [5.41, 5.74) is 2.26. The fourth-order valence-corrected chi connectivity index (χ4v) is 4.23. The second-order valence-corrected chi connectivity index (χ2v) is 8.68. The Morgan fingerprint density at radius 1 is 1.00 bits per heavy atom. The van der Waals surface area contributed by atoms with Crippen molar-refractivity contribution in [2.45, 2.75) is 38.6 Å². The van der Waals surface area contributed by atoms with Crippen molar-refractivity contribution in [1.82, 2.24) is 5.32 Å². The topological polar surface area (TPSA) is 63.2 Å². The Morgan fingerprint density at radius 3 is 2.23 bits per heavy atom. The monoisotopic (exact) mass is 373 g/mol. The van der Waals surface area contributed by atoms with Crippen LogP contribution in [-0.4, -0.2) is 25.8 Å². The molecule has 0 bridgehead atoms. The molecule has 0 saturated carbocycles. The highest BCUT2D eigenvalue weighted by molar-refractivity contribution is 7.92. The smallest absolute Gasteiger partial charge is 0.235 e. The summed E-state index contributed by atoms with van der Waals surface area (Å²) in [4.78, 5) is 12.3. The van der Waals surface area contributed by atoms with Crippen LogP contribution in [0.3, 0.4) is 0 Å². The van der Waals surface area contributed by atoms with Crippen molar-refractivity contribution in [3.05, 3.63) is 71.8 Å². The van der Waals surface area contributed by atoms with Crippen LogP contribution in [0.4, 0.5) is 0 Å². The van der Waals surface area contributed by atoms with E-state index in [1.165, 1.54) is 5.56 Å². The standard InChI is InChI=1S/C21H27NO3S/c1-2-16-26(24,25)17-21(23)22-20(19-13-7-4-8-14-19)15-9-12-18-10-5-3-6-11-18/h3-8,10-11,13-14,20H,2,9,12,15-17H2,1H3,(H,22,23). The number of sulfone groups is 1. The van der Waals surface area contributed by atoms with Crippen molar-refractivity contribution in [1.29, 1.82) is 0 Å². The number of hydrogen-bond donors (Lipinski definition) is 1. The zero-order chi connectivity index (χ0) is 18.8. The molecule has 0 radical (unpaired) electrons. The van der Waals surface area contributed by atoms with Gasteiger partial charge in [0.05, 0.1) is 11.8 Å². The second kappa shape index (κ2) is 10.1. The van der Waals surface area contributed by atoms with E-state index >= 15 is 0 Å². The molecule has 0 saturated heterocycles. The Morgan fingerprint density at radius 2 is 1.62 bits per heavy atom. The summed E-state index contributed by atoms with van der Waals surface area (Å²) in [6, 6.07) is 19.8.